The maximum Gasteiger partial charge on any atom is 0.0232 e. The lowest BCUT2D eigenvalue weighted by Crippen LogP contribution is -2.17. The van der Waals surface area contributed by atoms with Gasteiger partial charge in [0.15, 0.2) is 0 Å². The molecule has 2 radical (unpaired) electrons. The first-order valence-corrected chi connectivity index (χ1v) is 2.09. The van der Waals surface area contributed by atoms with Gasteiger partial charge in [-0.3, -0.25) is 0 Å². The molecule has 0 saturated heterocycles. The van der Waals surface area contributed by atoms with E-state index in [-0.39, 0.29) is 0 Å². The Hall–Kier alpha value is -0.300. The van der Waals surface area contributed by atoms with Crippen LogP contribution in [0.2, 0.25) is 0 Å². The van der Waals surface area contributed by atoms with E-state index in [1.54, 1.807) is 0 Å². The fourth-order valence-electron chi connectivity index (χ4n) is 0.429. The van der Waals surface area contributed by atoms with Crippen LogP contribution in [0, 0.1) is 6.42 Å². The number of hydrogen-bond donors (Lipinski definition) is 1. The van der Waals surface area contributed by atoms with Crippen LogP contribution in [0.1, 0.15) is 0 Å². The standard InChI is InChI=1S/C5H7N/c1-2-4-6-5-3-1/h1-2,6H,4-5H2. The van der Waals surface area contributed by atoms with Gasteiger partial charge in [0, 0.05) is 19.5 Å². The fraction of sp³-hybridized carbons (Fsp3) is 0.400. The third kappa shape index (κ3) is 0.830. The van der Waals surface area contributed by atoms with Gasteiger partial charge in [-0.05, 0) is 0 Å². The van der Waals surface area contributed by atoms with Crippen LogP contribution in [0.4, 0.5) is 0 Å². The van der Waals surface area contributed by atoms with Gasteiger partial charge in [-0.1, -0.05) is 12.2 Å². The maximum atomic E-state index is 3.09. The van der Waals surface area contributed by atoms with Crippen LogP contribution in [0.3, 0.4) is 0 Å². The second-order valence-electron chi connectivity index (χ2n) is 1.24. The van der Waals surface area contributed by atoms with Gasteiger partial charge >= 0.3 is 0 Å². The van der Waals surface area contributed by atoms with Crippen molar-refractivity contribution in [2.75, 3.05) is 13.1 Å². The summed E-state index contributed by atoms with van der Waals surface area (Å²) in [7, 11) is 0. The average molecular weight is 81.1 g/mol. The summed E-state index contributed by atoms with van der Waals surface area (Å²) in [4.78, 5) is 0. The molecule has 0 saturated carbocycles. The Morgan fingerprint density at radius 1 is 1.67 bits per heavy atom. The predicted octanol–water partition coefficient (Wildman–Crippen LogP) is 0.227. The van der Waals surface area contributed by atoms with Crippen LogP contribution >= 0.6 is 0 Å². The third-order valence-electron chi connectivity index (χ3n) is 0.725. The molecule has 1 aliphatic heterocycles. The monoisotopic (exact) mass is 81.1 g/mol. The molecule has 0 atom stereocenters. The van der Waals surface area contributed by atoms with Crippen molar-refractivity contribution in [1.82, 2.24) is 5.32 Å². The quantitative estimate of drug-likeness (QED) is 0.440. The Morgan fingerprint density at radius 3 is 2.83 bits per heavy atom. The van der Waals surface area contributed by atoms with E-state index in [1.807, 2.05) is 12.2 Å². The van der Waals surface area contributed by atoms with E-state index < -0.39 is 0 Å². The van der Waals surface area contributed by atoms with Crippen LogP contribution in [0.5, 0.6) is 0 Å². The largest absolute Gasteiger partial charge is 0.312 e. The minimum atomic E-state index is 0.913. The molecule has 1 N–H and O–H groups in total. The van der Waals surface area contributed by atoms with E-state index in [0.29, 0.717) is 0 Å². The first-order chi connectivity index (χ1) is 3.00. The van der Waals surface area contributed by atoms with Crippen molar-refractivity contribution in [3.8, 4) is 0 Å². The summed E-state index contributed by atoms with van der Waals surface area (Å²) in [6, 6.07) is 0. The molecule has 0 aromatic rings. The Kier molecular flexibility index (Phi) is 1.28. The minimum Gasteiger partial charge on any atom is -0.312 e. The lowest BCUT2D eigenvalue weighted by molar-refractivity contribution is 0.801. The zero-order chi connectivity index (χ0) is 4.24. The first kappa shape index (κ1) is 3.88. The summed E-state index contributed by atoms with van der Waals surface area (Å²) < 4.78 is 0. The number of rotatable bonds is 0. The number of hydrogen-bond acceptors (Lipinski definition) is 1. The molecule has 32 valence electrons. The van der Waals surface area contributed by atoms with Gasteiger partial charge in [0.05, 0.1) is 0 Å². The van der Waals surface area contributed by atoms with Crippen LogP contribution < -0.4 is 5.32 Å². The van der Waals surface area contributed by atoms with Crippen molar-refractivity contribution in [1.29, 1.82) is 0 Å². The Morgan fingerprint density at radius 2 is 2.67 bits per heavy atom. The molecule has 0 spiro atoms. The van der Waals surface area contributed by atoms with E-state index in [0.717, 1.165) is 13.1 Å². The van der Waals surface area contributed by atoms with Gasteiger partial charge < -0.3 is 5.32 Å². The van der Waals surface area contributed by atoms with Gasteiger partial charge in [0.25, 0.3) is 0 Å². The van der Waals surface area contributed by atoms with E-state index in [2.05, 4.69) is 11.7 Å². The van der Waals surface area contributed by atoms with E-state index in [1.165, 1.54) is 0 Å². The summed E-state index contributed by atoms with van der Waals surface area (Å²) in [5, 5.41) is 3.09. The summed E-state index contributed by atoms with van der Waals surface area (Å²) in [6.45, 7) is 1.92. The second kappa shape index (κ2) is 1.98. The molecule has 0 unspecified atom stereocenters. The van der Waals surface area contributed by atoms with Gasteiger partial charge in [-0.15, -0.1) is 0 Å². The highest BCUT2D eigenvalue weighted by atomic mass is 14.8. The predicted molar refractivity (Wildman–Crippen MR) is 25.3 cm³/mol. The van der Waals surface area contributed by atoms with E-state index in [4.69, 9.17) is 0 Å². The Balaban J connectivity index is 2.26. The van der Waals surface area contributed by atoms with Gasteiger partial charge in [-0.2, -0.15) is 0 Å². The van der Waals surface area contributed by atoms with Crippen molar-refractivity contribution in [2.24, 2.45) is 0 Å². The molecular weight excluding hydrogens is 74.1 g/mol. The zero-order valence-electron chi connectivity index (χ0n) is 3.57. The molecule has 0 amide bonds. The minimum absolute atomic E-state index is 0.913. The third-order valence-corrected chi connectivity index (χ3v) is 0.725. The molecule has 1 heterocycles. The maximum absolute atomic E-state index is 3.09. The van der Waals surface area contributed by atoms with E-state index in [9.17, 15) is 0 Å². The van der Waals surface area contributed by atoms with Gasteiger partial charge in [0.1, 0.15) is 0 Å². The summed E-state index contributed by atoms with van der Waals surface area (Å²) in [6.07, 6.45) is 6.99. The van der Waals surface area contributed by atoms with Crippen molar-refractivity contribution in [3.63, 3.8) is 0 Å². The molecule has 0 bridgehead atoms. The molecule has 0 fully saturated rings. The highest BCUT2D eigenvalue weighted by Crippen LogP contribution is 1.82. The van der Waals surface area contributed by atoms with Crippen LogP contribution in [0.25, 0.3) is 0 Å². The Bertz CT molecular complexity index is 49.0. The lowest BCUT2D eigenvalue weighted by atomic mass is 10.3. The summed E-state index contributed by atoms with van der Waals surface area (Å²) in [5.74, 6) is 0. The smallest absolute Gasteiger partial charge is 0.0232 e. The molecule has 1 heteroatoms. The van der Waals surface area contributed by atoms with Gasteiger partial charge in [0.2, 0.25) is 0 Å². The molecule has 1 aliphatic rings. The van der Waals surface area contributed by atoms with Crippen LogP contribution in [0.15, 0.2) is 12.2 Å². The van der Waals surface area contributed by atoms with Crippen molar-refractivity contribution < 1.29 is 0 Å². The molecular formula is C5H7N. The Labute approximate surface area is 38.1 Å². The molecule has 0 aromatic carbocycles. The molecule has 1 rings (SSSR count). The zero-order valence-corrected chi connectivity index (χ0v) is 3.57. The second-order valence-corrected chi connectivity index (χ2v) is 1.24. The highest BCUT2D eigenvalue weighted by molar-refractivity contribution is 5.01. The summed E-state index contributed by atoms with van der Waals surface area (Å²) >= 11 is 0. The summed E-state index contributed by atoms with van der Waals surface area (Å²) in [5.41, 5.74) is 0. The normalized spacial score (nSPS) is 21.3. The van der Waals surface area contributed by atoms with Crippen molar-refractivity contribution >= 4 is 0 Å². The van der Waals surface area contributed by atoms with E-state index >= 15 is 0 Å². The molecule has 1 nitrogen and oxygen atoms in total. The van der Waals surface area contributed by atoms with Crippen LogP contribution in [-0.2, 0) is 0 Å². The highest BCUT2D eigenvalue weighted by Gasteiger charge is 1.85. The van der Waals surface area contributed by atoms with Crippen LogP contribution in [-0.4, -0.2) is 13.1 Å². The van der Waals surface area contributed by atoms with Crippen molar-refractivity contribution in [3.05, 3.63) is 18.6 Å². The molecule has 0 aromatic heterocycles. The molecule has 6 heavy (non-hydrogen) atoms. The average Bonchev–Trinajstić information content (AvgIpc) is 1.72. The van der Waals surface area contributed by atoms with Gasteiger partial charge in [-0.25, -0.2) is 0 Å². The topological polar surface area (TPSA) is 12.0 Å². The van der Waals surface area contributed by atoms with Crippen molar-refractivity contribution in [2.45, 2.75) is 0 Å². The lowest BCUT2D eigenvalue weighted by Gasteiger charge is -2.00. The first-order valence-electron chi connectivity index (χ1n) is 2.09. The molecule has 0 aliphatic carbocycles. The number of nitrogens with one attached hydrogen (secondary N) is 1. The fourth-order valence-corrected chi connectivity index (χ4v) is 0.429. The SMILES string of the molecule is [C]1C=CCNC1.